The Morgan fingerprint density at radius 3 is 2.74 bits per heavy atom. The van der Waals surface area contributed by atoms with Crippen molar-refractivity contribution in [2.24, 2.45) is 0 Å². The van der Waals surface area contributed by atoms with Gasteiger partial charge in [0.2, 0.25) is 0 Å². The van der Waals surface area contributed by atoms with Gasteiger partial charge in [0.25, 0.3) is 0 Å². The number of rotatable bonds is 6. The number of hydrogen-bond donors (Lipinski definition) is 0. The monoisotopic (exact) mass is 255 g/mol. The fourth-order valence-electron chi connectivity index (χ4n) is 1.97. The Bertz CT molecular complexity index is 514. The highest BCUT2D eigenvalue weighted by atomic mass is 15.3. The third-order valence-corrected chi connectivity index (χ3v) is 2.99. The summed E-state index contributed by atoms with van der Waals surface area (Å²) in [5.41, 5.74) is 2.51. The molecule has 19 heavy (non-hydrogen) atoms. The Morgan fingerprint density at radius 2 is 2.05 bits per heavy atom. The van der Waals surface area contributed by atoms with Crippen molar-refractivity contribution in [1.29, 1.82) is 0 Å². The molecule has 0 aliphatic rings. The van der Waals surface area contributed by atoms with Crippen LogP contribution in [0, 0.1) is 0 Å². The standard InChI is InChI=1S/C16H21N3/c1-3-19-14-16(12-17-19)13-18(2)11-7-10-15-8-5-4-6-9-15/h4-10,12,14H,3,11,13H2,1-2H3/b10-7+. The van der Waals surface area contributed by atoms with Gasteiger partial charge in [0, 0.05) is 31.4 Å². The van der Waals surface area contributed by atoms with Gasteiger partial charge in [-0.1, -0.05) is 42.5 Å². The van der Waals surface area contributed by atoms with E-state index in [4.69, 9.17) is 0 Å². The Balaban J connectivity index is 1.81. The van der Waals surface area contributed by atoms with Crippen LogP contribution in [0.1, 0.15) is 18.1 Å². The van der Waals surface area contributed by atoms with Crippen LogP contribution in [0.2, 0.25) is 0 Å². The fourth-order valence-corrected chi connectivity index (χ4v) is 1.97. The minimum atomic E-state index is 0.928. The quantitative estimate of drug-likeness (QED) is 0.791. The largest absolute Gasteiger partial charge is 0.298 e. The number of aromatic nitrogens is 2. The molecule has 0 atom stereocenters. The van der Waals surface area contributed by atoms with Crippen LogP contribution in [0.15, 0.2) is 48.8 Å². The van der Waals surface area contributed by atoms with E-state index < -0.39 is 0 Å². The van der Waals surface area contributed by atoms with E-state index in [1.807, 2.05) is 16.9 Å². The van der Waals surface area contributed by atoms with Crippen molar-refractivity contribution in [2.75, 3.05) is 13.6 Å². The second kappa shape index (κ2) is 6.90. The van der Waals surface area contributed by atoms with Crippen molar-refractivity contribution in [3.05, 3.63) is 59.9 Å². The molecule has 0 radical (unpaired) electrons. The topological polar surface area (TPSA) is 21.1 Å². The molecule has 0 N–H and O–H groups in total. The molecule has 0 aliphatic heterocycles. The van der Waals surface area contributed by atoms with Crippen molar-refractivity contribution in [3.8, 4) is 0 Å². The third kappa shape index (κ3) is 4.38. The molecule has 0 saturated carbocycles. The zero-order valence-corrected chi connectivity index (χ0v) is 11.7. The SMILES string of the molecule is CCn1cc(CN(C)C/C=C/c2ccccc2)cn1. The molecule has 0 saturated heterocycles. The molecular formula is C16H21N3. The van der Waals surface area contributed by atoms with Crippen molar-refractivity contribution >= 4 is 6.08 Å². The number of likely N-dealkylation sites (N-methyl/N-ethyl adjacent to an activating group) is 1. The van der Waals surface area contributed by atoms with Gasteiger partial charge in [-0.3, -0.25) is 9.58 Å². The molecule has 0 bridgehead atoms. The van der Waals surface area contributed by atoms with Crippen molar-refractivity contribution in [1.82, 2.24) is 14.7 Å². The Kier molecular flexibility index (Phi) is 4.93. The van der Waals surface area contributed by atoms with Crippen molar-refractivity contribution in [3.63, 3.8) is 0 Å². The summed E-state index contributed by atoms with van der Waals surface area (Å²) in [6, 6.07) is 10.4. The number of hydrogen-bond acceptors (Lipinski definition) is 2. The lowest BCUT2D eigenvalue weighted by Crippen LogP contribution is -2.17. The summed E-state index contributed by atoms with van der Waals surface area (Å²) >= 11 is 0. The summed E-state index contributed by atoms with van der Waals surface area (Å²) in [5, 5.41) is 4.29. The first kappa shape index (κ1) is 13.6. The first-order valence-electron chi connectivity index (χ1n) is 6.69. The fraction of sp³-hybridized carbons (Fsp3) is 0.312. The van der Waals surface area contributed by atoms with Gasteiger partial charge in [0.15, 0.2) is 0 Å². The van der Waals surface area contributed by atoms with Crippen LogP contribution in [-0.4, -0.2) is 28.3 Å². The highest BCUT2D eigenvalue weighted by Gasteiger charge is 2.00. The van der Waals surface area contributed by atoms with Crippen LogP contribution < -0.4 is 0 Å². The second-order valence-electron chi connectivity index (χ2n) is 4.71. The van der Waals surface area contributed by atoms with Crippen LogP contribution >= 0.6 is 0 Å². The van der Waals surface area contributed by atoms with Gasteiger partial charge >= 0.3 is 0 Å². The van der Waals surface area contributed by atoms with Crippen molar-refractivity contribution in [2.45, 2.75) is 20.0 Å². The minimum Gasteiger partial charge on any atom is -0.298 e. The summed E-state index contributed by atoms with van der Waals surface area (Å²) in [7, 11) is 2.12. The molecule has 2 rings (SSSR count). The zero-order valence-electron chi connectivity index (χ0n) is 11.7. The first-order valence-corrected chi connectivity index (χ1v) is 6.69. The van der Waals surface area contributed by atoms with Crippen LogP contribution in [0.4, 0.5) is 0 Å². The van der Waals surface area contributed by atoms with Gasteiger partial charge in [0.05, 0.1) is 6.20 Å². The molecule has 0 aliphatic carbocycles. The normalized spacial score (nSPS) is 11.5. The van der Waals surface area contributed by atoms with Crippen molar-refractivity contribution < 1.29 is 0 Å². The summed E-state index contributed by atoms with van der Waals surface area (Å²) in [6.07, 6.45) is 8.41. The van der Waals surface area contributed by atoms with E-state index in [2.05, 4.69) is 66.6 Å². The van der Waals surface area contributed by atoms with Crippen LogP contribution in [0.3, 0.4) is 0 Å². The molecule has 2 aromatic rings. The molecule has 0 unspecified atom stereocenters. The van der Waals surface area contributed by atoms with E-state index in [0.717, 1.165) is 19.6 Å². The lowest BCUT2D eigenvalue weighted by molar-refractivity contribution is 0.364. The lowest BCUT2D eigenvalue weighted by Gasteiger charge is -2.12. The average Bonchev–Trinajstić information content (AvgIpc) is 2.87. The molecule has 1 heterocycles. The summed E-state index contributed by atoms with van der Waals surface area (Å²) < 4.78 is 1.96. The summed E-state index contributed by atoms with van der Waals surface area (Å²) in [4.78, 5) is 2.27. The van der Waals surface area contributed by atoms with Crippen LogP contribution in [0.25, 0.3) is 6.08 Å². The first-order chi connectivity index (χ1) is 9.28. The Labute approximate surface area is 115 Å². The Morgan fingerprint density at radius 1 is 1.26 bits per heavy atom. The molecule has 100 valence electrons. The van der Waals surface area contributed by atoms with E-state index >= 15 is 0 Å². The molecule has 3 nitrogen and oxygen atoms in total. The molecule has 0 fully saturated rings. The Hall–Kier alpha value is -1.87. The van der Waals surface area contributed by atoms with E-state index in [-0.39, 0.29) is 0 Å². The average molecular weight is 255 g/mol. The van der Waals surface area contributed by atoms with E-state index in [9.17, 15) is 0 Å². The van der Waals surface area contributed by atoms with E-state index in [0.29, 0.717) is 0 Å². The highest BCUT2D eigenvalue weighted by molar-refractivity contribution is 5.48. The molecule has 1 aromatic heterocycles. The maximum Gasteiger partial charge on any atom is 0.0534 e. The van der Waals surface area contributed by atoms with Gasteiger partial charge in [-0.2, -0.15) is 5.10 Å². The van der Waals surface area contributed by atoms with E-state index in [1.165, 1.54) is 11.1 Å². The molecule has 1 aromatic carbocycles. The number of nitrogens with zero attached hydrogens (tertiary/aromatic N) is 3. The molecule has 3 heteroatoms. The molecule has 0 spiro atoms. The lowest BCUT2D eigenvalue weighted by atomic mass is 10.2. The van der Waals surface area contributed by atoms with Gasteiger partial charge < -0.3 is 0 Å². The van der Waals surface area contributed by atoms with Crippen LogP contribution in [-0.2, 0) is 13.1 Å². The molecule has 0 amide bonds. The zero-order chi connectivity index (χ0) is 13.5. The number of aryl methyl sites for hydroxylation is 1. The van der Waals surface area contributed by atoms with Gasteiger partial charge in [-0.05, 0) is 19.5 Å². The maximum absolute atomic E-state index is 4.29. The van der Waals surface area contributed by atoms with Crippen LogP contribution in [0.5, 0.6) is 0 Å². The van der Waals surface area contributed by atoms with Gasteiger partial charge in [0.1, 0.15) is 0 Å². The van der Waals surface area contributed by atoms with E-state index in [1.54, 1.807) is 0 Å². The second-order valence-corrected chi connectivity index (χ2v) is 4.71. The predicted octanol–water partition coefficient (Wildman–Crippen LogP) is 3.05. The smallest absolute Gasteiger partial charge is 0.0534 e. The van der Waals surface area contributed by atoms with Gasteiger partial charge in [-0.15, -0.1) is 0 Å². The third-order valence-electron chi connectivity index (χ3n) is 2.99. The molecular weight excluding hydrogens is 234 g/mol. The summed E-state index contributed by atoms with van der Waals surface area (Å²) in [6.45, 7) is 4.89. The maximum atomic E-state index is 4.29. The minimum absolute atomic E-state index is 0.928. The predicted molar refractivity (Wildman–Crippen MR) is 79.7 cm³/mol. The van der Waals surface area contributed by atoms with Gasteiger partial charge in [-0.25, -0.2) is 0 Å². The number of benzene rings is 1. The summed E-state index contributed by atoms with van der Waals surface area (Å²) in [5.74, 6) is 0. The highest BCUT2D eigenvalue weighted by Crippen LogP contribution is 2.04.